The highest BCUT2D eigenvalue weighted by Gasteiger charge is 2.47. The number of carbonyl (C=O) groups is 2. The van der Waals surface area contributed by atoms with Crippen molar-refractivity contribution in [3.8, 4) is 11.8 Å². The van der Waals surface area contributed by atoms with Crippen LogP contribution >= 0.6 is 23.2 Å². The smallest absolute Gasteiger partial charge is 0.342 e. The van der Waals surface area contributed by atoms with Gasteiger partial charge in [-0.3, -0.25) is 4.79 Å². The standard InChI is InChI=1S/C24H29ClN4O4.C18H18ClN3O4/c25-21-7-14(1-2-15(21)12-30)13-33-23-20(22(32)27-18-3-5-19(31)6-4-18)9-26-24(28-23)29-10-16-8-17(16)11-29;19-15-3-10(1-2-11(15)8-23)9-26-16-14(17(24)25)5-20-18(21-16)22-6-12-4-13(12)7-22/h1-2,7,9,16-19,30-31H,3-6,8,10-13H2,(H,27,32);1-3,5,12-13,23H,4,6-9H2,(H,24,25). The Morgan fingerprint density at radius 3 is 1.61 bits per heavy atom. The Morgan fingerprint density at radius 1 is 0.712 bits per heavy atom. The summed E-state index contributed by atoms with van der Waals surface area (Å²) in [6.07, 6.45) is 7.97. The van der Waals surface area contributed by atoms with Crippen molar-refractivity contribution in [3.63, 3.8) is 0 Å². The van der Waals surface area contributed by atoms with E-state index < -0.39 is 5.97 Å². The number of aliphatic hydroxyl groups excluding tert-OH is 3. The summed E-state index contributed by atoms with van der Waals surface area (Å²) in [4.78, 5) is 46.4. The number of nitrogens with zero attached hydrogens (tertiary/aromatic N) is 6. The third-order valence-electron chi connectivity index (χ3n) is 11.8. The van der Waals surface area contributed by atoms with Gasteiger partial charge in [0.05, 0.1) is 25.5 Å². The molecule has 4 heterocycles. The van der Waals surface area contributed by atoms with E-state index in [2.05, 4.69) is 35.1 Å². The number of carbonyl (C=O) groups excluding carboxylic acids is 1. The van der Waals surface area contributed by atoms with Gasteiger partial charge in [0.2, 0.25) is 23.7 Å². The minimum atomic E-state index is -1.13. The van der Waals surface area contributed by atoms with Crippen molar-refractivity contribution < 1.29 is 39.5 Å². The summed E-state index contributed by atoms with van der Waals surface area (Å²) in [7, 11) is 0. The first kappa shape index (κ1) is 41.0. The quantitative estimate of drug-likeness (QED) is 0.120. The van der Waals surface area contributed by atoms with Crippen LogP contribution in [0.3, 0.4) is 0 Å². The van der Waals surface area contributed by atoms with E-state index in [1.54, 1.807) is 36.5 Å². The van der Waals surface area contributed by atoms with Crippen LogP contribution in [0.1, 0.15) is 81.5 Å². The monoisotopic (exact) mass is 847 g/mol. The molecule has 4 aromatic rings. The van der Waals surface area contributed by atoms with Crippen molar-refractivity contribution in [2.24, 2.45) is 23.7 Å². The minimum Gasteiger partial charge on any atom is -0.477 e. The van der Waals surface area contributed by atoms with Gasteiger partial charge in [0.1, 0.15) is 24.3 Å². The van der Waals surface area contributed by atoms with Crippen molar-refractivity contribution in [3.05, 3.63) is 92.2 Å². The lowest BCUT2D eigenvalue weighted by molar-refractivity contribution is 0.0689. The minimum absolute atomic E-state index is 0.0175. The summed E-state index contributed by atoms with van der Waals surface area (Å²) in [5, 5.41) is 41.5. The van der Waals surface area contributed by atoms with Crippen molar-refractivity contribution in [1.29, 1.82) is 0 Å². The Morgan fingerprint density at radius 2 is 1.17 bits per heavy atom. The van der Waals surface area contributed by atoms with Crippen molar-refractivity contribution in [2.45, 2.75) is 77.1 Å². The summed E-state index contributed by atoms with van der Waals surface area (Å²) in [6.45, 7) is 3.74. The lowest BCUT2D eigenvalue weighted by atomic mass is 9.93. The maximum atomic E-state index is 13.1. The fourth-order valence-electron chi connectivity index (χ4n) is 8.07. The summed E-state index contributed by atoms with van der Waals surface area (Å²) in [5.74, 6) is 2.88. The largest absolute Gasteiger partial charge is 0.477 e. The Labute approximate surface area is 351 Å². The molecule has 0 spiro atoms. The van der Waals surface area contributed by atoms with Crippen LogP contribution in [0.15, 0.2) is 48.8 Å². The number of halogens is 2. The average Bonchev–Trinajstić information content (AvgIpc) is 4.08. The summed E-state index contributed by atoms with van der Waals surface area (Å²) in [6, 6.07) is 10.5. The molecule has 5 fully saturated rings. The van der Waals surface area contributed by atoms with Crippen LogP contribution in [0.25, 0.3) is 0 Å². The SMILES string of the molecule is O=C(NC1CCC(O)CC1)c1cnc(N2CC3CC3C2)nc1OCc1ccc(CO)c(Cl)c1.O=C(O)c1cnc(N2CC3CC3C2)nc1OCc1ccc(CO)c(Cl)c1. The van der Waals surface area contributed by atoms with Crippen LogP contribution in [0.4, 0.5) is 11.9 Å². The van der Waals surface area contributed by atoms with E-state index in [1.807, 2.05) is 6.07 Å². The third kappa shape index (κ3) is 9.82. The van der Waals surface area contributed by atoms with Crippen molar-refractivity contribution in [1.82, 2.24) is 25.3 Å². The second kappa shape index (κ2) is 17.8. The highest BCUT2D eigenvalue weighted by molar-refractivity contribution is 6.31. The Balaban J connectivity index is 0.000000169. The number of anilines is 2. The molecule has 4 unspecified atom stereocenters. The number of benzene rings is 2. The van der Waals surface area contributed by atoms with Crippen LogP contribution in [-0.2, 0) is 26.4 Å². The van der Waals surface area contributed by atoms with Crippen molar-refractivity contribution in [2.75, 3.05) is 36.0 Å². The van der Waals surface area contributed by atoms with E-state index in [0.717, 1.165) is 62.0 Å². The first-order valence-corrected chi connectivity index (χ1v) is 20.8. The molecule has 1 amide bonds. The molecule has 2 aromatic carbocycles. The van der Waals surface area contributed by atoms with Gasteiger partial charge in [-0.05, 0) is 96.6 Å². The Bertz CT molecular complexity index is 2170. The zero-order valence-corrected chi connectivity index (χ0v) is 33.9. The molecule has 3 aliphatic carbocycles. The maximum Gasteiger partial charge on any atom is 0.342 e. The molecule has 9 rings (SSSR count). The van der Waals surface area contributed by atoms with Gasteiger partial charge in [0, 0.05) is 48.5 Å². The summed E-state index contributed by atoms with van der Waals surface area (Å²) < 4.78 is 11.7. The van der Waals surface area contributed by atoms with Crippen LogP contribution in [0.2, 0.25) is 10.0 Å². The van der Waals surface area contributed by atoms with Gasteiger partial charge in [-0.25, -0.2) is 14.8 Å². The molecule has 312 valence electrons. The molecule has 0 radical (unpaired) electrons. The van der Waals surface area contributed by atoms with Crippen LogP contribution in [0.5, 0.6) is 11.8 Å². The number of carboxylic acids is 1. The highest BCUT2D eigenvalue weighted by atomic mass is 35.5. The van der Waals surface area contributed by atoms with E-state index in [1.165, 1.54) is 19.0 Å². The number of carboxylic acid groups (broad SMARTS) is 1. The maximum absolute atomic E-state index is 13.1. The van der Waals surface area contributed by atoms with Crippen LogP contribution in [-0.4, -0.2) is 90.6 Å². The number of nitrogens with one attached hydrogen (secondary N) is 1. The summed E-state index contributed by atoms with van der Waals surface area (Å²) >= 11 is 12.3. The van der Waals surface area contributed by atoms with E-state index in [0.29, 0.717) is 63.3 Å². The number of aromatic nitrogens is 4. The number of hydrogen-bond acceptors (Lipinski definition) is 13. The van der Waals surface area contributed by atoms with Gasteiger partial charge < -0.3 is 45.0 Å². The molecule has 0 bridgehead atoms. The topological polar surface area (TPSA) is 204 Å². The predicted octanol–water partition coefficient (Wildman–Crippen LogP) is 5.05. The van der Waals surface area contributed by atoms with Crippen LogP contribution in [0, 0.1) is 23.7 Å². The van der Waals surface area contributed by atoms with Gasteiger partial charge in [0.25, 0.3) is 5.91 Å². The van der Waals surface area contributed by atoms with Gasteiger partial charge in [-0.15, -0.1) is 0 Å². The van der Waals surface area contributed by atoms with Gasteiger partial charge >= 0.3 is 5.97 Å². The molecular formula is C42H47Cl2N7O8. The molecule has 2 aliphatic heterocycles. The molecule has 17 heteroatoms. The predicted molar refractivity (Wildman–Crippen MR) is 218 cm³/mol. The molecule has 2 aromatic heterocycles. The van der Waals surface area contributed by atoms with Crippen LogP contribution < -0.4 is 24.6 Å². The molecule has 5 aliphatic rings. The fraction of sp³-hybridized carbons (Fsp3) is 0.476. The second-order valence-corrected chi connectivity index (χ2v) is 16.9. The van der Waals surface area contributed by atoms with E-state index >= 15 is 0 Å². The number of ether oxygens (including phenoxy) is 2. The van der Waals surface area contributed by atoms with Crippen molar-refractivity contribution >= 4 is 47.0 Å². The fourth-order valence-corrected chi connectivity index (χ4v) is 8.60. The highest BCUT2D eigenvalue weighted by Crippen LogP contribution is 2.46. The van der Waals surface area contributed by atoms with Gasteiger partial charge in [-0.1, -0.05) is 47.5 Å². The molecule has 4 atom stereocenters. The number of amides is 1. The van der Waals surface area contributed by atoms with Gasteiger partial charge in [0.15, 0.2) is 0 Å². The van der Waals surface area contributed by atoms with E-state index in [-0.39, 0.29) is 61.8 Å². The number of aliphatic hydroxyl groups is 3. The first-order valence-electron chi connectivity index (χ1n) is 20.0. The molecule has 59 heavy (non-hydrogen) atoms. The van der Waals surface area contributed by atoms with E-state index in [9.17, 15) is 24.9 Å². The molecule has 5 N–H and O–H groups in total. The van der Waals surface area contributed by atoms with E-state index in [4.69, 9.17) is 37.8 Å². The molecule has 3 saturated carbocycles. The number of hydrogen-bond donors (Lipinski definition) is 5. The number of piperidine rings is 2. The zero-order chi connectivity index (χ0) is 41.2. The Hall–Kier alpha value is -4.80. The average molecular weight is 849 g/mol. The number of fused-ring (bicyclic) bond motifs is 2. The number of rotatable bonds is 13. The lowest BCUT2D eigenvalue weighted by Gasteiger charge is -2.26. The summed E-state index contributed by atoms with van der Waals surface area (Å²) in [5.41, 5.74) is 3.07. The zero-order valence-electron chi connectivity index (χ0n) is 32.3. The number of aromatic carboxylic acids is 1. The third-order valence-corrected chi connectivity index (χ3v) is 12.5. The Kier molecular flexibility index (Phi) is 12.4. The first-order chi connectivity index (χ1) is 28.5. The lowest BCUT2D eigenvalue weighted by Crippen LogP contribution is -2.39. The second-order valence-electron chi connectivity index (χ2n) is 16.1. The molecule has 2 saturated heterocycles. The molecule has 15 nitrogen and oxygen atoms in total. The van der Waals surface area contributed by atoms with Gasteiger partial charge in [-0.2, -0.15) is 9.97 Å². The molecular weight excluding hydrogens is 801 g/mol. The normalized spacial score (nSPS) is 23.7.